The van der Waals surface area contributed by atoms with Crippen LogP contribution in [0.3, 0.4) is 0 Å². The summed E-state index contributed by atoms with van der Waals surface area (Å²) in [5.74, 6) is -1.26. The van der Waals surface area contributed by atoms with Crippen LogP contribution in [0.4, 0.5) is 4.79 Å². The normalized spacial score (nSPS) is 25.8. The van der Waals surface area contributed by atoms with Gasteiger partial charge in [0.05, 0.1) is 7.11 Å². The monoisotopic (exact) mass is 406 g/mol. The third-order valence-corrected chi connectivity index (χ3v) is 5.34. The summed E-state index contributed by atoms with van der Waals surface area (Å²) >= 11 is 0. The molecule has 2 atom stereocenters. The molecule has 1 saturated heterocycles. The maximum atomic E-state index is 13.0. The molecule has 0 bridgehead atoms. The molecule has 0 radical (unpaired) electrons. The lowest BCUT2D eigenvalue weighted by Crippen LogP contribution is -2.54. The van der Waals surface area contributed by atoms with Crippen molar-refractivity contribution in [3.8, 4) is 0 Å². The number of carbonyl (C=O) groups excluding carboxylic acids is 4. The van der Waals surface area contributed by atoms with Crippen LogP contribution < -0.4 is 5.32 Å². The fourth-order valence-electron chi connectivity index (χ4n) is 4.64. The first-order valence-corrected chi connectivity index (χ1v) is 9.52. The lowest BCUT2D eigenvalue weighted by atomic mass is 9.64. The molecule has 158 valence electrons. The average Bonchev–Trinajstić information content (AvgIpc) is 3.17. The standard InChI is InChI=1S/C20H26N2O7/c1-12-7-19(2,3)11-20(8-12)17(25)22(18(26)21-20)9-15(23)28-10-13-5-6-14(29-13)16(24)27-4/h5-6,12H,7-11H2,1-4H3,(H,21,26)/t12-,20+/m1/s1. The van der Waals surface area contributed by atoms with Crippen LogP contribution in [0.15, 0.2) is 16.5 Å². The lowest BCUT2D eigenvalue weighted by molar-refractivity contribution is -0.150. The third kappa shape index (κ3) is 4.28. The molecule has 0 unspecified atom stereocenters. The molecule has 1 aliphatic carbocycles. The van der Waals surface area contributed by atoms with E-state index in [4.69, 9.17) is 9.15 Å². The smallest absolute Gasteiger partial charge is 0.373 e. The highest BCUT2D eigenvalue weighted by atomic mass is 16.6. The van der Waals surface area contributed by atoms with Gasteiger partial charge in [0.1, 0.15) is 24.5 Å². The fraction of sp³-hybridized carbons (Fsp3) is 0.600. The molecule has 2 aliphatic rings. The number of carbonyl (C=O) groups is 4. The molecule has 1 aromatic heterocycles. The second-order valence-electron chi connectivity index (χ2n) is 8.68. The Morgan fingerprint density at radius 1 is 1.28 bits per heavy atom. The number of esters is 2. The van der Waals surface area contributed by atoms with Crippen molar-refractivity contribution >= 4 is 23.9 Å². The predicted molar refractivity (Wildman–Crippen MR) is 99.6 cm³/mol. The largest absolute Gasteiger partial charge is 0.463 e. The van der Waals surface area contributed by atoms with E-state index < -0.39 is 30.1 Å². The van der Waals surface area contributed by atoms with E-state index in [0.717, 1.165) is 11.3 Å². The lowest BCUT2D eigenvalue weighted by Gasteiger charge is -2.43. The Labute approximate surface area is 168 Å². The van der Waals surface area contributed by atoms with Gasteiger partial charge in [0.25, 0.3) is 5.91 Å². The van der Waals surface area contributed by atoms with Crippen LogP contribution in [0.5, 0.6) is 0 Å². The highest BCUT2D eigenvalue weighted by Gasteiger charge is 2.56. The summed E-state index contributed by atoms with van der Waals surface area (Å²) in [4.78, 5) is 49.9. The Morgan fingerprint density at radius 2 is 2.00 bits per heavy atom. The Balaban J connectivity index is 1.60. The predicted octanol–water partition coefficient (Wildman–Crippen LogP) is 2.25. The van der Waals surface area contributed by atoms with Gasteiger partial charge >= 0.3 is 18.0 Å². The van der Waals surface area contributed by atoms with Crippen LogP contribution >= 0.6 is 0 Å². The van der Waals surface area contributed by atoms with Gasteiger partial charge in [-0.2, -0.15) is 0 Å². The zero-order valence-electron chi connectivity index (χ0n) is 17.1. The van der Waals surface area contributed by atoms with E-state index in [9.17, 15) is 19.2 Å². The number of methoxy groups -OCH3 is 1. The van der Waals surface area contributed by atoms with Gasteiger partial charge in [0, 0.05) is 0 Å². The molecular weight excluding hydrogens is 380 g/mol. The molecule has 1 aromatic rings. The number of hydrogen-bond donors (Lipinski definition) is 1. The zero-order valence-corrected chi connectivity index (χ0v) is 17.1. The quantitative estimate of drug-likeness (QED) is 0.589. The van der Waals surface area contributed by atoms with Crippen LogP contribution in [0, 0.1) is 11.3 Å². The molecule has 9 heteroatoms. The average molecular weight is 406 g/mol. The number of nitrogens with one attached hydrogen (secondary N) is 1. The van der Waals surface area contributed by atoms with Crippen molar-refractivity contribution in [2.45, 2.75) is 52.2 Å². The summed E-state index contributed by atoms with van der Waals surface area (Å²) in [5.41, 5.74) is -1.05. The Morgan fingerprint density at radius 3 is 2.66 bits per heavy atom. The van der Waals surface area contributed by atoms with Crippen LogP contribution in [-0.2, 0) is 25.7 Å². The maximum Gasteiger partial charge on any atom is 0.373 e. The number of nitrogens with zero attached hydrogens (tertiary/aromatic N) is 1. The van der Waals surface area contributed by atoms with Gasteiger partial charge in [0.2, 0.25) is 5.76 Å². The molecule has 9 nitrogen and oxygen atoms in total. The van der Waals surface area contributed by atoms with Gasteiger partial charge in [-0.3, -0.25) is 14.5 Å². The second-order valence-corrected chi connectivity index (χ2v) is 8.68. The molecule has 3 rings (SSSR count). The first-order chi connectivity index (χ1) is 13.5. The summed E-state index contributed by atoms with van der Waals surface area (Å²) in [6.45, 7) is 5.50. The third-order valence-electron chi connectivity index (χ3n) is 5.34. The van der Waals surface area contributed by atoms with Crippen LogP contribution in [-0.4, -0.2) is 48.0 Å². The van der Waals surface area contributed by atoms with E-state index in [2.05, 4.69) is 30.8 Å². The fourth-order valence-corrected chi connectivity index (χ4v) is 4.64. The van der Waals surface area contributed by atoms with Crippen molar-refractivity contribution in [1.29, 1.82) is 0 Å². The summed E-state index contributed by atoms with van der Waals surface area (Å²) in [5, 5.41) is 2.82. The summed E-state index contributed by atoms with van der Waals surface area (Å²) in [6, 6.07) is 2.30. The topological polar surface area (TPSA) is 115 Å². The summed E-state index contributed by atoms with van der Waals surface area (Å²) < 4.78 is 14.8. The molecule has 1 saturated carbocycles. The van der Waals surface area contributed by atoms with Crippen molar-refractivity contribution < 1.29 is 33.1 Å². The van der Waals surface area contributed by atoms with Gasteiger partial charge in [0.15, 0.2) is 0 Å². The number of urea groups is 1. The Hall–Kier alpha value is -2.84. The minimum absolute atomic E-state index is 0.0105. The maximum absolute atomic E-state index is 13.0. The highest BCUT2D eigenvalue weighted by molar-refractivity contribution is 6.08. The minimum atomic E-state index is -0.963. The molecule has 2 heterocycles. The van der Waals surface area contributed by atoms with Crippen LogP contribution in [0.1, 0.15) is 56.3 Å². The molecule has 2 fully saturated rings. The molecular formula is C20H26N2O7. The number of hydrogen-bond acceptors (Lipinski definition) is 7. The minimum Gasteiger partial charge on any atom is -0.463 e. The second kappa shape index (κ2) is 7.53. The van der Waals surface area contributed by atoms with Gasteiger partial charge < -0.3 is 19.2 Å². The van der Waals surface area contributed by atoms with Gasteiger partial charge in [-0.25, -0.2) is 9.59 Å². The number of amides is 3. The molecule has 1 N–H and O–H groups in total. The molecule has 1 spiro atoms. The van der Waals surface area contributed by atoms with Crippen LogP contribution in [0.2, 0.25) is 0 Å². The molecule has 1 aliphatic heterocycles. The van der Waals surface area contributed by atoms with E-state index in [1.165, 1.54) is 19.2 Å². The molecule has 0 aromatic carbocycles. The Kier molecular flexibility index (Phi) is 5.42. The van der Waals surface area contributed by atoms with Crippen molar-refractivity contribution in [2.24, 2.45) is 11.3 Å². The number of ether oxygens (including phenoxy) is 2. The van der Waals surface area contributed by atoms with E-state index in [1.54, 1.807) is 0 Å². The number of furan rings is 1. The molecule has 3 amide bonds. The highest BCUT2D eigenvalue weighted by Crippen LogP contribution is 2.46. The van der Waals surface area contributed by atoms with Gasteiger partial charge in [-0.15, -0.1) is 0 Å². The first kappa shape index (κ1) is 20.9. The van der Waals surface area contributed by atoms with Gasteiger partial charge in [-0.05, 0) is 42.7 Å². The molecule has 29 heavy (non-hydrogen) atoms. The van der Waals surface area contributed by atoms with Crippen molar-refractivity contribution in [2.75, 3.05) is 13.7 Å². The van der Waals surface area contributed by atoms with Crippen molar-refractivity contribution in [3.05, 3.63) is 23.7 Å². The van der Waals surface area contributed by atoms with E-state index in [1.807, 2.05) is 0 Å². The van der Waals surface area contributed by atoms with Crippen molar-refractivity contribution in [3.63, 3.8) is 0 Å². The number of rotatable bonds is 5. The Bertz CT molecular complexity index is 844. The van der Waals surface area contributed by atoms with E-state index in [0.29, 0.717) is 12.8 Å². The van der Waals surface area contributed by atoms with E-state index in [-0.39, 0.29) is 35.4 Å². The summed E-state index contributed by atoms with van der Waals surface area (Å²) in [7, 11) is 1.23. The first-order valence-electron chi connectivity index (χ1n) is 9.52. The SMILES string of the molecule is COC(=O)c1ccc(COC(=O)CN2C(=O)N[C@]3(C[C@H](C)CC(C)(C)C3)C2=O)o1. The van der Waals surface area contributed by atoms with Gasteiger partial charge in [-0.1, -0.05) is 20.8 Å². The zero-order chi connectivity index (χ0) is 21.4. The number of imide groups is 1. The van der Waals surface area contributed by atoms with Crippen molar-refractivity contribution in [1.82, 2.24) is 10.2 Å². The summed E-state index contributed by atoms with van der Waals surface area (Å²) in [6.07, 6.45) is 2.05. The van der Waals surface area contributed by atoms with Crippen LogP contribution in [0.25, 0.3) is 0 Å². The van der Waals surface area contributed by atoms with E-state index >= 15 is 0 Å².